The van der Waals surface area contributed by atoms with Gasteiger partial charge in [-0.05, 0) is 19.8 Å². The van der Waals surface area contributed by atoms with Gasteiger partial charge < -0.3 is 0 Å². The lowest BCUT2D eigenvalue weighted by Gasteiger charge is -1.97. The molecule has 2 nitrogen and oxygen atoms in total. The van der Waals surface area contributed by atoms with Crippen LogP contribution in [-0.2, 0) is 4.79 Å². The van der Waals surface area contributed by atoms with Gasteiger partial charge in [0.1, 0.15) is 0 Å². The van der Waals surface area contributed by atoms with Crippen LogP contribution < -0.4 is 0 Å². The summed E-state index contributed by atoms with van der Waals surface area (Å²) in [4.78, 5) is 13.1. The first-order valence-electron chi connectivity index (χ1n) is 3.52. The Morgan fingerprint density at radius 3 is 2.80 bits per heavy atom. The van der Waals surface area contributed by atoms with Crippen molar-refractivity contribution in [2.75, 3.05) is 6.54 Å². The van der Waals surface area contributed by atoms with Crippen LogP contribution in [0.5, 0.6) is 0 Å². The highest BCUT2D eigenvalue weighted by atomic mass is 16.1. The van der Waals surface area contributed by atoms with Crippen molar-refractivity contribution in [1.82, 2.24) is 0 Å². The maximum Gasteiger partial charge on any atom is 0.234 e. The normalized spacial score (nSPS) is 10.8. The molecule has 0 atom stereocenters. The first-order valence-corrected chi connectivity index (χ1v) is 3.52. The summed E-state index contributed by atoms with van der Waals surface area (Å²) in [5.74, 6) is 0. The van der Waals surface area contributed by atoms with E-state index in [4.69, 9.17) is 0 Å². The van der Waals surface area contributed by atoms with Gasteiger partial charge in [-0.25, -0.2) is 9.79 Å². The molecule has 0 rings (SSSR count). The Hall–Kier alpha value is -0.880. The molecule has 0 bridgehead atoms. The molecule has 0 radical (unpaired) electrons. The van der Waals surface area contributed by atoms with E-state index in [9.17, 15) is 4.79 Å². The molecule has 10 heavy (non-hydrogen) atoms. The van der Waals surface area contributed by atoms with E-state index in [-0.39, 0.29) is 0 Å². The topological polar surface area (TPSA) is 29.4 Å². The van der Waals surface area contributed by atoms with Crippen LogP contribution in [-0.4, -0.2) is 12.6 Å². The molecule has 0 heterocycles. The Morgan fingerprint density at radius 2 is 2.40 bits per heavy atom. The molecule has 0 aromatic heterocycles. The summed E-state index contributed by atoms with van der Waals surface area (Å²) >= 11 is 0. The second-order valence-corrected chi connectivity index (χ2v) is 2.02. The molecule has 0 spiro atoms. The third kappa shape index (κ3) is 4.04. The summed E-state index contributed by atoms with van der Waals surface area (Å²) in [6, 6.07) is 0. The number of rotatable bonds is 4. The van der Waals surface area contributed by atoms with Crippen LogP contribution in [0.2, 0.25) is 0 Å². The lowest BCUT2D eigenvalue weighted by Crippen LogP contribution is -1.84. The van der Waals surface area contributed by atoms with Crippen LogP contribution in [0.15, 0.2) is 16.6 Å². The number of isocyanates is 1. The summed E-state index contributed by atoms with van der Waals surface area (Å²) in [6.07, 6.45) is 5.53. The first-order chi connectivity index (χ1) is 4.85. The summed E-state index contributed by atoms with van der Waals surface area (Å²) in [7, 11) is 0. The molecule has 0 unspecified atom stereocenters. The maximum atomic E-state index is 9.65. The number of nitrogens with zero attached hydrogens (tertiary/aromatic N) is 1. The Bertz CT molecular complexity index is 155. The Balaban J connectivity index is 3.55. The minimum Gasteiger partial charge on any atom is -0.211 e. The van der Waals surface area contributed by atoms with E-state index in [0.29, 0.717) is 6.54 Å². The number of hydrogen-bond donors (Lipinski definition) is 0. The minimum absolute atomic E-state index is 0.580. The smallest absolute Gasteiger partial charge is 0.211 e. The van der Waals surface area contributed by atoms with Crippen molar-refractivity contribution in [3.8, 4) is 0 Å². The lowest BCUT2D eigenvalue weighted by atomic mass is 10.1. The van der Waals surface area contributed by atoms with Crippen molar-refractivity contribution in [2.24, 2.45) is 4.99 Å². The van der Waals surface area contributed by atoms with Crippen LogP contribution in [0.25, 0.3) is 0 Å². The van der Waals surface area contributed by atoms with E-state index in [0.717, 1.165) is 12.8 Å². The highest BCUT2D eigenvalue weighted by Gasteiger charge is 1.89. The number of carbonyl (C=O) groups excluding carboxylic acids is 1. The third-order valence-electron chi connectivity index (χ3n) is 1.47. The average Bonchev–Trinajstić information content (AvgIpc) is 1.99. The third-order valence-corrected chi connectivity index (χ3v) is 1.47. The van der Waals surface area contributed by atoms with Crippen LogP contribution in [0.3, 0.4) is 0 Å². The summed E-state index contributed by atoms with van der Waals surface area (Å²) in [5, 5.41) is 0. The highest BCUT2D eigenvalue weighted by molar-refractivity contribution is 5.32. The predicted molar refractivity (Wildman–Crippen MR) is 41.7 cm³/mol. The van der Waals surface area contributed by atoms with Gasteiger partial charge in [0, 0.05) is 0 Å². The molecular weight excluding hydrogens is 126 g/mol. The Morgan fingerprint density at radius 1 is 1.70 bits per heavy atom. The van der Waals surface area contributed by atoms with Crippen LogP contribution in [0.1, 0.15) is 26.7 Å². The van der Waals surface area contributed by atoms with E-state index in [2.05, 4.69) is 18.0 Å². The Kier molecular flexibility index (Phi) is 5.69. The molecule has 0 saturated carbocycles. The largest absolute Gasteiger partial charge is 0.234 e. The van der Waals surface area contributed by atoms with Gasteiger partial charge >= 0.3 is 0 Å². The number of hydrogen-bond acceptors (Lipinski definition) is 2. The minimum atomic E-state index is 0.580. The number of allylic oxidation sites excluding steroid dienone is 1. The molecule has 0 fully saturated rings. The van der Waals surface area contributed by atoms with E-state index in [1.807, 2.05) is 6.92 Å². The lowest BCUT2D eigenvalue weighted by molar-refractivity contribution is 0.563. The standard InChI is InChI=1S/C8H13NO/c1-3-8(4-2)5-6-9-7-10/h3H,4-6H2,1-2H3. The SMILES string of the molecule is CC=C(CC)CCN=C=O. The van der Waals surface area contributed by atoms with E-state index in [1.54, 1.807) is 0 Å². The van der Waals surface area contributed by atoms with Crippen molar-refractivity contribution < 1.29 is 4.79 Å². The fourth-order valence-electron chi connectivity index (χ4n) is 0.770. The molecule has 56 valence electrons. The van der Waals surface area contributed by atoms with Crippen molar-refractivity contribution in [3.63, 3.8) is 0 Å². The van der Waals surface area contributed by atoms with Crippen LogP contribution in [0.4, 0.5) is 0 Å². The molecular formula is C8H13NO. The van der Waals surface area contributed by atoms with Crippen molar-refractivity contribution in [2.45, 2.75) is 26.7 Å². The van der Waals surface area contributed by atoms with Crippen molar-refractivity contribution >= 4 is 6.08 Å². The summed E-state index contributed by atoms with van der Waals surface area (Å²) in [5.41, 5.74) is 1.35. The highest BCUT2D eigenvalue weighted by Crippen LogP contribution is 2.04. The molecule has 2 heteroatoms. The monoisotopic (exact) mass is 139 g/mol. The van der Waals surface area contributed by atoms with Gasteiger partial charge in [0.15, 0.2) is 0 Å². The van der Waals surface area contributed by atoms with Crippen molar-refractivity contribution in [3.05, 3.63) is 11.6 Å². The molecule has 0 amide bonds. The summed E-state index contributed by atoms with van der Waals surface area (Å²) in [6.45, 7) is 4.68. The van der Waals surface area contributed by atoms with E-state index < -0.39 is 0 Å². The van der Waals surface area contributed by atoms with Crippen LogP contribution in [0, 0.1) is 0 Å². The van der Waals surface area contributed by atoms with Crippen molar-refractivity contribution in [1.29, 1.82) is 0 Å². The molecule has 0 N–H and O–H groups in total. The second-order valence-electron chi connectivity index (χ2n) is 2.02. The van der Waals surface area contributed by atoms with Gasteiger partial charge in [-0.2, -0.15) is 0 Å². The Labute approximate surface area is 61.7 Å². The molecule has 0 saturated heterocycles. The zero-order valence-electron chi connectivity index (χ0n) is 6.55. The predicted octanol–water partition coefficient (Wildman–Crippen LogP) is 2.07. The zero-order valence-corrected chi connectivity index (χ0v) is 6.55. The molecule has 0 aromatic carbocycles. The van der Waals surface area contributed by atoms with Gasteiger partial charge in [0.2, 0.25) is 6.08 Å². The van der Waals surface area contributed by atoms with E-state index >= 15 is 0 Å². The van der Waals surface area contributed by atoms with Crippen LogP contribution >= 0.6 is 0 Å². The summed E-state index contributed by atoms with van der Waals surface area (Å²) < 4.78 is 0. The molecule has 0 aliphatic carbocycles. The first kappa shape index (κ1) is 9.12. The molecule has 0 aliphatic heterocycles. The zero-order chi connectivity index (χ0) is 7.82. The fraction of sp³-hybridized carbons (Fsp3) is 0.625. The van der Waals surface area contributed by atoms with Gasteiger partial charge in [-0.15, -0.1) is 0 Å². The second kappa shape index (κ2) is 6.24. The van der Waals surface area contributed by atoms with Gasteiger partial charge in [0.25, 0.3) is 0 Å². The maximum absolute atomic E-state index is 9.65. The van der Waals surface area contributed by atoms with Gasteiger partial charge in [-0.3, -0.25) is 0 Å². The quantitative estimate of drug-likeness (QED) is 0.333. The fourth-order valence-corrected chi connectivity index (χ4v) is 0.770. The van der Waals surface area contributed by atoms with E-state index in [1.165, 1.54) is 11.7 Å². The average molecular weight is 139 g/mol. The molecule has 0 aliphatic rings. The van der Waals surface area contributed by atoms with Gasteiger partial charge in [0.05, 0.1) is 6.54 Å². The molecule has 0 aromatic rings. The van der Waals surface area contributed by atoms with Gasteiger partial charge in [-0.1, -0.05) is 18.6 Å². The number of aliphatic imine (C=N–C) groups is 1.